The highest BCUT2D eigenvalue weighted by molar-refractivity contribution is 7.17. The predicted molar refractivity (Wildman–Crippen MR) is 83.8 cm³/mol. The number of carbonyl (C=O) groups is 1. The molecule has 0 aliphatic heterocycles. The molecule has 0 spiro atoms. The van der Waals surface area contributed by atoms with E-state index >= 15 is 0 Å². The zero-order chi connectivity index (χ0) is 16.1. The van der Waals surface area contributed by atoms with E-state index in [1.54, 1.807) is 6.92 Å². The third-order valence-corrected chi connectivity index (χ3v) is 4.76. The molecule has 0 aliphatic carbocycles. The number of carboxylic acids is 1. The van der Waals surface area contributed by atoms with Crippen molar-refractivity contribution in [2.24, 2.45) is 0 Å². The minimum absolute atomic E-state index is 0.170. The van der Waals surface area contributed by atoms with Crippen LogP contribution in [0.15, 0.2) is 24.3 Å². The average Bonchev–Trinajstić information content (AvgIpc) is 2.89. The maximum Gasteiger partial charge on any atom is 0.124 e. The molecule has 1 heterocycles. The van der Waals surface area contributed by atoms with Gasteiger partial charge in [-0.15, -0.1) is 11.3 Å². The molecule has 2 aromatic rings. The molecule has 1 aromatic carbocycles. The Morgan fingerprint density at radius 3 is 2.82 bits per heavy atom. The standard InChI is InChI=1S/C16H20N2O3S/c1-3-18(7-8-19)10-12-5-4-6-13(9-12)15-17-11(2)14(22-15)16(20)21/h4-6,9,19H,3,7-8,10H2,1-2H3,(H,20,21). The number of carbonyl (C=O) groups excluding carboxylic acids is 1. The van der Waals surface area contributed by atoms with Crippen molar-refractivity contribution in [1.82, 2.24) is 4.98 Å². The van der Waals surface area contributed by atoms with Crippen molar-refractivity contribution in [3.8, 4) is 10.6 Å². The van der Waals surface area contributed by atoms with Crippen LogP contribution in [-0.2, 0) is 6.54 Å². The lowest BCUT2D eigenvalue weighted by Crippen LogP contribution is -3.10. The van der Waals surface area contributed by atoms with E-state index < -0.39 is 5.97 Å². The number of likely N-dealkylation sites (N-methyl/N-ethyl adjacent to an activating group) is 1. The number of aliphatic hydroxyl groups excluding tert-OH is 1. The maximum atomic E-state index is 11.0. The number of hydrogen-bond acceptors (Lipinski definition) is 5. The summed E-state index contributed by atoms with van der Waals surface area (Å²) < 4.78 is 0. The maximum absolute atomic E-state index is 11.0. The van der Waals surface area contributed by atoms with Gasteiger partial charge in [0.15, 0.2) is 0 Å². The molecular formula is C16H20N2O3S. The van der Waals surface area contributed by atoms with Gasteiger partial charge in [-0.05, 0) is 19.9 Å². The Bertz CT molecular complexity index is 655. The van der Waals surface area contributed by atoms with Gasteiger partial charge in [0.25, 0.3) is 0 Å². The Hall–Kier alpha value is -1.76. The second kappa shape index (κ2) is 7.49. The van der Waals surface area contributed by atoms with E-state index in [4.69, 9.17) is 5.11 Å². The molecule has 0 bridgehead atoms. The summed E-state index contributed by atoms with van der Waals surface area (Å²) in [5, 5.41) is 20.8. The summed E-state index contributed by atoms with van der Waals surface area (Å²) in [4.78, 5) is 16.8. The molecule has 1 aromatic heterocycles. The van der Waals surface area contributed by atoms with Crippen LogP contribution in [0.3, 0.4) is 0 Å². The molecule has 5 nitrogen and oxygen atoms in total. The quantitative estimate of drug-likeness (QED) is 0.745. The molecule has 0 fully saturated rings. The summed E-state index contributed by atoms with van der Waals surface area (Å²) in [6.45, 7) is 6.42. The van der Waals surface area contributed by atoms with E-state index in [0.717, 1.165) is 35.6 Å². The fourth-order valence-electron chi connectivity index (χ4n) is 2.36. The van der Waals surface area contributed by atoms with E-state index in [2.05, 4.69) is 11.9 Å². The summed E-state index contributed by atoms with van der Waals surface area (Å²) >= 11 is 1.14. The monoisotopic (exact) mass is 320 g/mol. The Morgan fingerprint density at radius 2 is 2.23 bits per heavy atom. The van der Waals surface area contributed by atoms with E-state index in [9.17, 15) is 9.90 Å². The van der Waals surface area contributed by atoms with Gasteiger partial charge in [0.2, 0.25) is 0 Å². The SMILES string of the molecule is CC[NH+](CCO)Cc1cccc(-c2nc(C)c(C(=O)[O-])s2)c1. The third kappa shape index (κ3) is 3.91. The van der Waals surface area contributed by atoms with Crippen LogP contribution in [-0.4, -0.2) is 35.8 Å². The molecule has 0 aliphatic rings. The van der Waals surface area contributed by atoms with Crippen LogP contribution in [0.5, 0.6) is 0 Å². The minimum atomic E-state index is -1.18. The second-order valence-corrected chi connectivity index (χ2v) is 6.17. The Morgan fingerprint density at radius 1 is 1.45 bits per heavy atom. The fourth-order valence-corrected chi connectivity index (χ4v) is 3.26. The number of carboxylic acid groups (broad SMARTS) is 1. The first-order valence-electron chi connectivity index (χ1n) is 7.27. The summed E-state index contributed by atoms with van der Waals surface area (Å²) in [6.07, 6.45) is 0. The first-order chi connectivity index (χ1) is 10.5. The van der Waals surface area contributed by atoms with E-state index in [-0.39, 0.29) is 11.5 Å². The van der Waals surface area contributed by atoms with Gasteiger partial charge in [-0.3, -0.25) is 0 Å². The van der Waals surface area contributed by atoms with Gasteiger partial charge in [-0.1, -0.05) is 18.2 Å². The average molecular weight is 320 g/mol. The van der Waals surface area contributed by atoms with Crippen molar-refractivity contribution in [3.05, 3.63) is 40.4 Å². The Labute approximate surface area is 133 Å². The molecule has 1 unspecified atom stereocenters. The van der Waals surface area contributed by atoms with Crippen LogP contribution >= 0.6 is 11.3 Å². The second-order valence-electron chi connectivity index (χ2n) is 5.18. The molecule has 0 amide bonds. The topological polar surface area (TPSA) is 77.7 Å². The number of rotatable bonds is 7. The molecule has 6 heteroatoms. The lowest BCUT2D eigenvalue weighted by Gasteiger charge is -2.16. The van der Waals surface area contributed by atoms with Gasteiger partial charge in [0, 0.05) is 11.1 Å². The zero-order valence-corrected chi connectivity index (χ0v) is 13.6. The van der Waals surface area contributed by atoms with Crippen molar-refractivity contribution in [1.29, 1.82) is 0 Å². The van der Waals surface area contributed by atoms with Gasteiger partial charge < -0.3 is 19.9 Å². The predicted octanol–water partition coefficient (Wildman–Crippen LogP) is -0.121. The number of benzene rings is 1. The number of hydrogen-bond donors (Lipinski definition) is 2. The first-order valence-corrected chi connectivity index (χ1v) is 8.09. The Balaban J connectivity index is 2.24. The molecule has 118 valence electrons. The summed E-state index contributed by atoms with van der Waals surface area (Å²) in [5.41, 5.74) is 2.55. The summed E-state index contributed by atoms with van der Waals surface area (Å²) in [5.74, 6) is -1.18. The highest BCUT2D eigenvalue weighted by atomic mass is 32.1. The van der Waals surface area contributed by atoms with E-state index in [0.29, 0.717) is 17.2 Å². The van der Waals surface area contributed by atoms with Crippen molar-refractivity contribution in [2.45, 2.75) is 20.4 Å². The fraction of sp³-hybridized carbons (Fsp3) is 0.375. The van der Waals surface area contributed by atoms with Crippen molar-refractivity contribution < 1.29 is 19.9 Å². The molecule has 0 saturated heterocycles. The molecular weight excluding hydrogens is 300 g/mol. The van der Waals surface area contributed by atoms with Gasteiger partial charge in [-0.2, -0.15) is 0 Å². The van der Waals surface area contributed by atoms with E-state index in [1.165, 1.54) is 4.90 Å². The number of aromatic nitrogens is 1. The van der Waals surface area contributed by atoms with Crippen LogP contribution in [0, 0.1) is 6.92 Å². The van der Waals surface area contributed by atoms with Crippen LogP contribution < -0.4 is 10.0 Å². The third-order valence-electron chi connectivity index (χ3n) is 3.58. The van der Waals surface area contributed by atoms with Crippen molar-refractivity contribution in [2.75, 3.05) is 19.7 Å². The molecule has 0 radical (unpaired) electrons. The van der Waals surface area contributed by atoms with Gasteiger partial charge >= 0.3 is 0 Å². The van der Waals surface area contributed by atoms with Crippen molar-refractivity contribution in [3.63, 3.8) is 0 Å². The number of aryl methyl sites for hydroxylation is 1. The smallest absolute Gasteiger partial charge is 0.124 e. The number of quaternary nitrogens is 1. The number of thiazole rings is 1. The van der Waals surface area contributed by atoms with Crippen LogP contribution in [0.25, 0.3) is 10.6 Å². The lowest BCUT2D eigenvalue weighted by molar-refractivity contribution is -0.912. The number of nitrogens with zero attached hydrogens (tertiary/aromatic N) is 1. The molecule has 2 rings (SSSR count). The van der Waals surface area contributed by atoms with Crippen molar-refractivity contribution >= 4 is 17.3 Å². The zero-order valence-electron chi connectivity index (χ0n) is 12.8. The number of aliphatic hydroxyl groups is 1. The highest BCUT2D eigenvalue weighted by Gasteiger charge is 2.12. The lowest BCUT2D eigenvalue weighted by atomic mass is 10.1. The van der Waals surface area contributed by atoms with Gasteiger partial charge in [-0.25, -0.2) is 4.98 Å². The number of aromatic carboxylic acids is 1. The highest BCUT2D eigenvalue weighted by Crippen LogP contribution is 2.28. The molecule has 22 heavy (non-hydrogen) atoms. The summed E-state index contributed by atoms with van der Waals surface area (Å²) in [6, 6.07) is 7.95. The largest absolute Gasteiger partial charge is 0.544 e. The molecule has 2 N–H and O–H groups in total. The normalized spacial score (nSPS) is 12.3. The Kier molecular flexibility index (Phi) is 5.65. The summed E-state index contributed by atoms with van der Waals surface area (Å²) in [7, 11) is 0. The molecule has 1 atom stereocenters. The molecule has 0 saturated carbocycles. The van der Waals surface area contributed by atoms with Crippen LogP contribution in [0.2, 0.25) is 0 Å². The van der Waals surface area contributed by atoms with E-state index in [1.807, 2.05) is 24.3 Å². The van der Waals surface area contributed by atoms with Crippen LogP contribution in [0.4, 0.5) is 0 Å². The minimum Gasteiger partial charge on any atom is -0.544 e. The number of nitrogens with one attached hydrogen (secondary N) is 1. The van der Waals surface area contributed by atoms with Gasteiger partial charge in [0.05, 0.1) is 29.7 Å². The van der Waals surface area contributed by atoms with Gasteiger partial charge in [0.1, 0.15) is 18.1 Å². The van der Waals surface area contributed by atoms with Crippen LogP contribution in [0.1, 0.15) is 27.9 Å². The first kappa shape index (κ1) is 16.6.